The van der Waals surface area contributed by atoms with Crippen molar-refractivity contribution in [2.24, 2.45) is 0 Å². The first-order chi connectivity index (χ1) is 22.6. The Bertz CT molecular complexity index is 1150. The van der Waals surface area contributed by atoms with Gasteiger partial charge in [0.2, 0.25) is 0 Å². The number of ether oxygens (including phenoxy) is 5. The van der Waals surface area contributed by atoms with Gasteiger partial charge in [0.25, 0.3) is 0 Å². The van der Waals surface area contributed by atoms with E-state index in [0.717, 1.165) is 37.9 Å². The van der Waals surface area contributed by atoms with E-state index >= 15 is 0 Å². The van der Waals surface area contributed by atoms with Crippen LogP contribution in [0.4, 0.5) is 17.3 Å². The Balaban J connectivity index is 0.00000361. The standard InChI is InChI=1S/C29H40ClN6O7.C2H6.Pb/c1-3-11-38-12-13-39-14-15-40-16-17-41-18-19-42-36(23-7-5-4-6-8-23)22-35(2)28-25(20-31)27(33-29(30)34-28)32-26-10-9-24(21-37)43-26;1-2;/h1,4-8,20,24,26,31,37H,2,9-19,21-22H2,(H,32,33,34);1-2H3;. The molecule has 3 rings (SSSR count). The van der Waals surface area contributed by atoms with E-state index in [1.54, 1.807) is 5.06 Å². The topological polar surface area (TPSA) is 144 Å². The number of hydrogen-bond donors (Lipinski definition) is 3. The monoisotopic (exact) mass is 857 g/mol. The van der Waals surface area contributed by atoms with Crippen LogP contribution in [-0.4, -0.2) is 136 Å². The number of aliphatic hydroxyl groups is 1. The van der Waals surface area contributed by atoms with Crippen molar-refractivity contribution in [3.63, 3.8) is 0 Å². The Labute approximate surface area is 293 Å². The average Bonchev–Trinajstić information content (AvgIpc) is 3.55. The molecular weight excluding hydrogens is 811 g/mol. The van der Waals surface area contributed by atoms with Gasteiger partial charge in [-0.25, -0.2) is 0 Å². The van der Waals surface area contributed by atoms with Crippen LogP contribution >= 0.6 is 11.6 Å². The van der Waals surface area contributed by atoms with E-state index in [-0.39, 0.29) is 30.8 Å². The summed E-state index contributed by atoms with van der Waals surface area (Å²) in [6.45, 7) is 7.97. The number of nitrogens with one attached hydrogen (secondary N) is 2. The van der Waals surface area contributed by atoms with Crippen LogP contribution in [0, 0.1) is 17.8 Å². The van der Waals surface area contributed by atoms with Gasteiger partial charge in [-0.15, -0.1) is 6.42 Å². The summed E-state index contributed by atoms with van der Waals surface area (Å²) in [4.78, 5) is 17.0. The van der Waals surface area contributed by atoms with Gasteiger partial charge in [-0.1, -0.05) is 19.8 Å². The molecule has 0 spiro atoms. The number of benzene rings is 1. The van der Waals surface area contributed by atoms with Gasteiger partial charge < -0.3 is 9.47 Å². The number of aromatic nitrogens is 2. The molecule has 2 heterocycles. The van der Waals surface area contributed by atoms with Crippen LogP contribution < -0.4 is 15.3 Å². The molecule has 3 radical (unpaired) electrons. The number of rotatable bonds is 23. The Morgan fingerprint density at radius 2 is 1.67 bits per heavy atom. The van der Waals surface area contributed by atoms with Crippen molar-refractivity contribution in [1.82, 2.24) is 9.97 Å². The smallest absolute Gasteiger partial charge is 0.0683 e. The molecule has 0 bridgehead atoms. The number of aliphatic hydroxyl groups excluding tert-OH is 1. The number of terminal acetylenes is 1. The molecule has 2 aromatic rings. The van der Waals surface area contributed by atoms with Crippen LogP contribution in [0.5, 0.6) is 0 Å². The third-order valence-electron chi connectivity index (χ3n) is 6.26. The molecule has 0 aliphatic carbocycles. The van der Waals surface area contributed by atoms with Crippen molar-refractivity contribution in [3.05, 3.63) is 41.2 Å². The molecule has 13 nitrogen and oxygen atoms in total. The molecule has 46 heavy (non-hydrogen) atoms. The molecule has 2 unspecified atom stereocenters. The number of hydroxylamine groups is 1. The first-order valence-corrected chi connectivity index (χ1v) is 18.4. The zero-order chi connectivity index (χ0) is 33.4. The van der Waals surface area contributed by atoms with E-state index in [1.807, 2.05) is 49.1 Å². The number of anilines is 3. The fraction of sp³-hybridized carbons (Fsp3) is 0.581. The minimum Gasteiger partial charge on any atom is -0.0683 e. The largest absolute Gasteiger partial charge is 0.0683 e. The second-order valence-corrected chi connectivity index (χ2v) is 10.9. The Morgan fingerprint density at radius 3 is 2.24 bits per heavy atom. The summed E-state index contributed by atoms with van der Waals surface area (Å²) >= 11 is 7.17. The Hall–Kier alpha value is -2.14. The van der Waals surface area contributed by atoms with Gasteiger partial charge >= 0.3 is 232 Å². The molecule has 1 saturated heterocycles. The van der Waals surface area contributed by atoms with Crippen LogP contribution in [0.1, 0.15) is 32.3 Å². The quantitative estimate of drug-likeness (QED) is 0.0288. The van der Waals surface area contributed by atoms with E-state index in [0.29, 0.717) is 87.2 Å². The summed E-state index contributed by atoms with van der Waals surface area (Å²) in [5, 5.41) is 22.6. The van der Waals surface area contributed by atoms with E-state index in [4.69, 9.17) is 52.0 Å². The summed E-state index contributed by atoms with van der Waals surface area (Å²) in [7, 11) is 0. The van der Waals surface area contributed by atoms with E-state index in [2.05, 4.69) is 21.2 Å². The number of para-hydroxylation sites is 1. The molecule has 0 saturated carbocycles. The maximum Gasteiger partial charge on any atom is -0.0683 e. The third-order valence-corrected chi connectivity index (χ3v) is 7.91. The first-order valence-electron chi connectivity index (χ1n) is 15.3. The van der Waals surface area contributed by atoms with Crippen LogP contribution in [0.2, 0.25) is 5.28 Å². The fourth-order valence-electron chi connectivity index (χ4n) is 4.15. The van der Waals surface area contributed by atoms with Crippen molar-refractivity contribution in [1.29, 1.82) is 5.41 Å². The third kappa shape index (κ3) is 14.7. The molecule has 3 N–H and O–H groups in total. The van der Waals surface area contributed by atoms with Crippen molar-refractivity contribution in [3.8, 4) is 12.3 Å². The molecule has 1 aromatic heterocycles. The van der Waals surface area contributed by atoms with Gasteiger partial charge in [0.05, 0.1) is 19.8 Å². The number of halogens is 1. The average molecular weight is 857 g/mol. The molecule has 253 valence electrons. The molecule has 2 atom stereocenters. The molecule has 15 heteroatoms. The molecular formula is C31H46ClN6O7Pb. The van der Waals surface area contributed by atoms with Gasteiger partial charge in [0.1, 0.15) is 6.61 Å². The van der Waals surface area contributed by atoms with E-state index < -0.39 is 0 Å². The zero-order valence-electron chi connectivity index (χ0n) is 26.7. The van der Waals surface area contributed by atoms with E-state index in [9.17, 15) is 5.11 Å². The summed E-state index contributed by atoms with van der Waals surface area (Å²) in [6, 6.07) is 9.72. The molecule has 1 aromatic carbocycles. The summed E-state index contributed by atoms with van der Waals surface area (Å²) in [6.07, 6.45) is 7.18. The van der Waals surface area contributed by atoms with Crippen molar-refractivity contribution in [2.45, 2.75) is 39.0 Å². The minimum atomic E-state index is -0.346. The molecule has 1 fully saturated rings. The predicted octanol–water partition coefficient (Wildman–Crippen LogP) is 3.09. The second-order valence-electron chi connectivity index (χ2n) is 9.35. The summed E-state index contributed by atoms with van der Waals surface area (Å²) in [5.41, 5.74) is 1.34. The Kier molecular flexibility index (Phi) is 21.7. The second kappa shape index (κ2) is 25.0. The van der Waals surface area contributed by atoms with Crippen molar-refractivity contribution >= 4 is 60.9 Å². The van der Waals surface area contributed by atoms with Gasteiger partial charge in [-0.05, 0) is 0 Å². The van der Waals surface area contributed by atoms with E-state index in [1.165, 1.54) is 6.21 Å². The molecule has 1 aliphatic heterocycles. The zero-order valence-corrected chi connectivity index (χ0v) is 31.3. The van der Waals surface area contributed by atoms with Gasteiger partial charge in [-0.2, -0.15) is 0 Å². The maximum atomic E-state index is 9.42. The van der Waals surface area contributed by atoms with Crippen LogP contribution in [0.25, 0.3) is 0 Å². The molecule has 1 aliphatic rings. The van der Waals surface area contributed by atoms with Gasteiger partial charge in [0.15, 0.2) is 0 Å². The maximum absolute atomic E-state index is 9.42. The van der Waals surface area contributed by atoms with Gasteiger partial charge in [-0.3, -0.25) is 0 Å². The minimum absolute atomic E-state index is 0.0469. The summed E-state index contributed by atoms with van der Waals surface area (Å²) in [5.74, 6) is 3.32. The van der Waals surface area contributed by atoms with Crippen LogP contribution in [0.15, 0.2) is 30.3 Å². The fourth-order valence-corrected chi connectivity index (χ4v) is 5.28. The van der Waals surface area contributed by atoms with Crippen molar-refractivity contribution in [2.75, 3.05) is 92.1 Å². The first kappa shape index (κ1) is 40.0. The normalized spacial score (nSPS) is 15.5. The summed E-state index contributed by atoms with van der Waals surface area (Å²) < 4.78 is 28.2. The Morgan fingerprint density at radius 1 is 1.04 bits per heavy atom. The predicted molar refractivity (Wildman–Crippen MR) is 180 cm³/mol. The van der Waals surface area contributed by atoms with Gasteiger partial charge in [0, 0.05) is 0 Å². The molecule has 0 amide bonds. The number of hydrogen-bond acceptors (Lipinski definition) is 13. The number of nitrogens with zero attached hydrogens (tertiary/aromatic N) is 4. The van der Waals surface area contributed by atoms with Crippen molar-refractivity contribution < 1.29 is 33.6 Å². The van der Waals surface area contributed by atoms with Crippen LogP contribution in [-0.2, 0) is 28.5 Å². The SMILES string of the molecule is C#CCOCCOCCOCCOCCON(CN([CH2][Pb])c1nc(Cl)nc(NC2CCC(CO)O2)c1C=N)c1ccccc1.CC. The van der Waals surface area contributed by atoms with Crippen LogP contribution in [0.3, 0.4) is 0 Å².